The summed E-state index contributed by atoms with van der Waals surface area (Å²) >= 11 is 0. The van der Waals surface area contributed by atoms with Crippen LogP contribution in [0, 0.1) is 0 Å². The molecule has 1 aliphatic heterocycles. The zero-order valence-electron chi connectivity index (χ0n) is 27.4. The lowest BCUT2D eigenvalue weighted by atomic mass is 9.81. The number of hydrogen-bond donors (Lipinski definition) is 3. The molecule has 4 N–H and O–H groups in total. The lowest BCUT2D eigenvalue weighted by molar-refractivity contribution is -0.438. The molecule has 0 saturated carbocycles. The van der Waals surface area contributed by atoms with Gasteiger partial charge in [-0.05, 0) is 87.7 Å². The van der Waals surface area contributed by atoms with Gasteiger partial charge in [-0.3, -0.25) is 4.79 Å². The van der Waals surface area contributed by atoms with E-state index in [-0.39, 0.29) is 11.3 Å². The maximum atomic E-state index is 12.1. The first-order valence-electron chi connectivity index (χ1n) is 16.7. The third-order valence-corrected chi connectivity index (χ3v) is 9.25. The normalized spacial score (nSPS) is 14.0. The number of amides is 1. The molecule has 0 radical (unpaired) electrons. The summed E-state index contributed by atoms with van der Waals surface area (Å²) in [5.41, 5.74) is 15.1. The van der Waals surface area contributed by atoms with Crippen molar-refractivity contribution in [3.05, 3.63) is 108 Å². The average molecular weight is 613 g/mol. The number of hydrogen-bond acceptors (Lipinski definition) is 3. The van der Waals surface area contributed by atoms with Gasteiger partial charge in [-0.15, -0.1) is 0 Å². The number of rotatable bonds is 13. The molecule has 2 heterocycles. The molecule has 5 aromatic rings. The van der Waals surface area contributed by atoms with E-state index in [1.165, 1.54) is 44.3 Å². The molecule has 0 atom stereocenters. The molecule has 0 fully saturated rings. The Labute approximate surface area is 272 Å². The molecule has 46 heavy (non-hydrogen) atoms. The summed E-state index contributed by atoms with van der Waals surface area (Å²) < 4.78 is 4.89. The first kappa shape index (κ1) is 31.3. The predicted molar refractivity (Wildman–Crippen MR) is 194 cm³/mol. The highest BCUT2D eigenvalue weighted by Crippen LogP contribution is 2.42. The van der Waals surface area contributed by atoms with E-state index in [0.717, 1.165) is 43.7 Å². The number of benzene rings is 4. The van der Waals surface area contributed by atoms with Crippen molar-refractivity contribution >= 4 is 56.6 Å². The number of carbonyl (C=O) groups excluding carboxylic acids is 1. The second-order valence-corrected chi connectivity index (χ2v) is 12.7. The van der Waals surface area contributed by atoms with Crippen molar-refractivity contribution < 1.29 is 9.37 Å². The third kappa shape index (κ3) is 6.35. The van der Waals surface area contributed by atoms with Crippen LogP contribution in [0.5, 0.6) is 0 Å². The van der Waals surface area contributed by atoms with E-state index in [0.29, 0.717) is 19.5 Å². The van der Waals surface area contributed by atoms with Crippen LogP contribution < -0.4 is 16.4 Å². The largest absolute Gasteiger partial charge is 0.356 e. The molecule has 0 aliphatic carbocycles. The topological polar surface area (TPSA) is 75.1 Å². The van der Waals surface area contributed by atoms with Crippen molar-refractivity contribution in [3.63, 3.8) is 0 Å². The molecule has 1 aromatic heterocycles. The minimum absolute atomic E-state index is 0.0887. The third-order valence-electron chi connectivity index (χ3n) is 9.25. The van der Waals surface area contributed by atoms with Crippen molar-refractivity contribution in [3.8, 4) is 0 Å². The summed E-state index contributed by atoms with van der Waals surface area (Å²) in [6, 6.07) is 32.6. The van der Waals surface area contributed by atoms with Crippen LogP contribution in [0.15, 0.2) is 97.1 Å². The zero-order chi connectivity index (χ0) is 32.1. The summed E-state index contributed by atoms with van der Waals surface area (Å²) in [7, 11) is 0. The minimum Gasteiger partial charge on any atom is -0.356 e. The van der Waals surface area contributed by atoms with Gasteiger partial charge in [0, 0.05) is 83.4 Å². The molecule has 6 rings (SSSR count). The molecule has 0 unspecified atom stereocenters. The van der Waals surface area contributed by atoms with Crippen LogP contribution in [0.1, 0.15) is 57.6 Å². The summed E-state index contributed by atoms with van der Waals surface area (Å²) in [4.78, 5) is 12.1. The van der Waals surface area contributed by atoms with Gasteiger partial charge in [-0.2, -0.15) is 4.58 Å². The van der Waals surface area contributed by atoms with Crippen molar-refractivity contribution in [2.75, 3.05) is 25.0 Å². The van der Waals surface area contributed by atoms with Crippen molar-refractivity contribution in [1.29, 1.82) is 0 Å². The Morgan fingerprint density at radius 2 is 1.63 bits per heavy atom. The number of carbonyl (C=O) groups is 1. The second-order valence-electron chi connectivity index (χ2n) is 12.7. The quantitative estimate of drug-likeness (QED) is 0.0925. The van der Waals surface area contributed by atoms with E-state index in [1.807, 2.05) is 6.07 Å². The number of anilines is 2. The molecule has 6 nitrogen and oxygen atoms in total. The Balaban J connectivity index is 1.30. The molecular weight excluding hydrogens is 566 g/mol. The number of nitrogens with one attached hydrogen (secondary N) is 2. The predicted octanol–water partition coefficient (Wildman–Crippen LogP) is 8.28. The lowest BCUT2D eigenvalue weighted by Gasteiger charge is -2.17. The smallest absolute Gasteiger partial charge is 0.220 e. The number of allylic oxidation sites excluding steroid dienone is 1. The lowest BCUT2D eigenvalue weighted by Crippen LogP contribution is -2.28. The van der Waals surface area contributed by atoms with Crippen LogP contribution in [0.25, 0.3) is 27.9 Å². The Hall–Kier alpha value is -4.68. The first-order chi connectivity index (χ1) is 22.4. The number of nitrogens with zero attached hydrogens (tertiary/aromatic N) is 2. The maximum Gasteiger partial charge on any atom is 0.220 e. The van der Waals surface area contributed by atoms with Gasteiger partial charge in [0.15, 0.2) is 5.71 Å². The van der Waals surface area contributed by atoms with E-state index in [2.05, 4.69) is 138 Å². The van der Waals surface area contributed by atoms with E-state index in [1.54, 1.807) is 0 Å². The fourth-order valence-electron chi connectivity index (χ4n) is 6.91. The molecule has 0 saturated heterocycles. The van der Waals surface area contributed by atoms with Crippen molar-refractivity contribution in [1.82, 2.24) is 9.88 Å². The van der Waals surface area contributed by atoms with Crippen molar-refractivity contribution in [2.24, 2.45) is 5.73 Å². The number of unbranched alkanes of at least 4 members (excludes halogenated alkanes) is 2. The van der Waals surface area contributed by atoms with E-state index >= 15 is 0 Å². The van der Waals surface area contributed by atoms with E-state index in [9.17, 15) is 4.79 Å². The fourth-order valence-corrected chi connectivity index (χ4v) is 6.91. The summed E-state index contributed by atoms with van der Waals surface area (Å²) in [6.45, 7) is 9.73. The highest BCUT2D eigenvalue weighted by molar-refractivity contribution is 6.09. The van der Waals surface area contributed by atoms with Crippen LogP contribution in [0.3, 0.4) is 0 Å². The van der Waals surface area contributed by atoms with Crippen LogP contribution in [0.2, 0.25) is 0 Å². The van der Waals surface area contributed by atoms with Gasteiger partial charge in [-0.1, -0.05) is 42.5 Å². The molecule has 1 aliphatic rings. The molecule has 4 aromatic carbocycles. The number of aromatic nitrogens is 1. The van der Waals surface area contributed by atoms with E-state index in [4.69, 9.17) is 5.73 Å². The van der Waals surface area contributed by atoms with E-state index < -0.39 is 0 Å². The SMILES string of the molecule is CCn1c2ccccc2c2cc(/C=C/C3=[N+](CCCCCC(=O)NCCN)c4ccc(Nc5ccccc5)cc4C3(C)C)ccc21. The van der Waals surface area contributed by atoms with Crippen molar-refractivity contribution in [2.45, 2.75) is 58.4 Å². The number of aryl methyl sites for hydroxylation is 1. The first-order valence-corrected chi connectivity index (χ1v) is 16.7. The Morgan fingerprint density at radius 3 is 2.43 bits per heavy atom. The molecule has 1 amide bonds. The van der Waals surface area contributed by atoms with Gasteiger partial charge in [-0.25, -0.2) is 0 Å². The molecular formula is C40H46N5O+. The van der Waals surface area contributed by atoms with Gasteiger partial charge in [0.05, 0.1) is 5.41 Å². The maximum absolute atomic E-state index is 12.1. The van der Waals surface area contributed by atoms with Gasteiger partial charge in [0.2, 0.25) is 11.6 Å². The van der Waals surface area contributed by atoms with Gasteiger partial charge in [0.1, 0.15) is 6.54 Å². The summed E-state index contributed by atoms with van der Waals surface area (Å²) in [5, 5.41) is 9.06. The average Bonchev–Trinajstić information content (AvgIpc) is 3.50. The molecule has 0 bridgehead atoms. The summed E-state index contributed by atoms with van der Waals surface area (Å²) in [5.74, 6) is 0.0887. The van der Waals surface area contributed by atoms with Gasteiger partial charge < -0.3 is 20.9 Å². The molecule has 236 valence electrons. The number of nitrogens with two attached hydrogens (primary N) is 1. The zero-order valence-corrected chi connectivity index (χ0v) is 27.4. The van der Waals surface area contributed by atoms with Crippen LogP contribution in [-0.4, -0.2) is 40.4 Å². The highest BCUT2D eigenvalue weighted by Gasteiger charge is 2.44. The minimum atomic E-state index is -0.190. The molecule has 6 heteroatoms. The Morgan fingerprint density at radius 1 is 0.848 bits per heavy atom. The second kappa shape index (κ2) is 13.8. The Bertz CT molecular complexity index is 1910. The number of fused-ring (bicyclic) bond motifs is 4. The van der Waals surface area contributed by atoms with Crippen LogP contribution >= 0.6 is 0 Å². The highest BCUT2D eigenvalue weighted by atomic mass is 16.1. The van der Waals surface area contributed by atoms with Crippen LogP contribution in [0.4, 0.5) is 17.1 Å². The summed E-state index contributed by atoms with van der Waals surface area (Å²) in [6.07, 6.45) is 8.01. The fraction of sp³-hybridized carbons (Fsp3) is 0.300. The van der Waals surface area contributed by atoms with Gasteiger partial charge in [0.25, 0.3) is 0 Å². The molecule has 0 spiro atoms. The van der Waals surface area contributed by atoms with Gasteiger partial charge >= 0.3 is 0 Å². The monoisotopic (exact) mass is 612 g/mol. The number of para-hydroxylation sites is 2. The Kier molecular flexibility index (Phi) is 9.36. The van der Waals surface area contributed by atoms with Crippen LogP contribution in [-0.2, 0) is 16.8 Å². The standard InChI is InChI=1S/C40H45N5O/c1-4-44-35-16-11-10-15-32(35)33-27-29(18-21-36(33)44)19-23-38-40(2,3)34-28-31(43-30-13-7-5-8-14-30)20-22-37(34)45(38)26-12-6-9-17-39(46)42-25-24-41/h5,7-8,10-11,13-16,18-23,27-28,43H,4,6,9,12,17,24-26,41H2,1-3H3/p+1.